The predicted octanol–water partition coefficient (Wildman–Crippen LogP) is 1.81. The van der Waals surface area contributed by atoms with Gasteiger partial charge in [-0.3, -0.25) is 0 Å². The lowest BCUT2D eigenvalue weighted by atomic mass is 10.2. The van der Waals surface area contributed by atoms with Crippen LogP contribution in [0.2, 0.25) is 0 Å². The molecule has 0 spiro atoms. The van der Waals surface area contributed by atoms with Gasteiger partial charge in [-0.25, -0.2) is 17.6 Å². The van der Waals surface area contributed by atoms with E-state index in [-0.39, 0.29) is 48.6 Å². The quantitative estimate of drug-likeness (QED) is 0.871. The Balaban J connectivity index is 1.87. The molecule has 1 N–H and O–H groups in total. The first kappa shape index (κ1) is 18.5. The molecule has 0 saturated carbocycles. The summed E-state index contributed by atoms with van der Waals surface area (Å²) in [5, 5.41) is 2.77. The van der Waals surface area contributed by atoms with Crippen LogP contribution in [-0.4, -0.2) is 56.1 Å². The molecule has 2 rings (SSSR count). The van der Waals surface area contributed by atoms with Crippen LogP contribution in [0.5, 0.6) is 5.75 Å². The van der Waals surface area contributed by atoms with E-state index in [0.717, 1.165) is 0 Å². The normalized spacial score (nSPS) is 21.1. The third-order valence-corrected chi connectivity index (χ3v) is 5.76. The summed E-state index contributed by atoms with van der Waals surface area (Å²) < 4.78 is 42.0. The second kappa shape index (κ2) is 7.83. The largest absolute Gasteiger partial charge is 0.489 e. The van der Waals surface area contributed by atoms with Gasteiger partial charge in [0.05, 0.1) is 18.1 Å². The zero-order valence-electron chi connectivity index (χ0n) is 13.9. The van der Waals surface area contributed by atoms with E-state index in [2.05, 4.69) is 5.32 Å². The second-order valence-electron chi connectivity index (χ2n) is 5.95. The van der Waals surface area contributed by atoms with Gasteiger partial charge in [-0.2, -0.15) is 0 Å². The van der Waals surface area contributed by atoms with Crippen molar-refractivity contribution in [1.82, 2.24) is 10.2 Å². The summed E-state index contributed by atoms with van der Waals surface area (Å²) >= 11 is 0. The lowest BCUT2D eigenvalue weighted by molar-refractivity contribution is 0.165. The lowest BCUT2D eigenvalue weighted by Gasteiger charge is -2.33. The first-order valence-electron chi connectivity index (χ1n) is 7.98. The Morgan fingerprint density at radius 3 is 2.88 bits per heavy atom. The standard InChI is InChI=1S/C16H23FN2O4S/c1-3-14(23-15-6-4-5-13(17)9-15)10-18-16(20)19-7-8-24(21,22)11-12(19)2/h4-6,9,12,14H,3,7-8,10-11H2,1-2H3,(H,18,20). The minimum absolute atomic E-state index is 0.0121. The zero-order chi connectivity index (χ0) is 17.7. The van der Waals surface area contributed by atoms with Crippen LogP contribution in [-0.2, 0) is 9.84 Å². The molecule has 1 aliphatic rings. The highest BCUT2D eigenvalue weighted by Gasteiger charge is 2.31. The van der Waals surface area contributed by atoms with Gasteiger partial charge in [0.15, 0.2) is 9.84 Å². The highest BCUT2D eigenvalue weighted by Crippen LogP contribution is 2.15. The summed E-state index contributed by atoms with van der Waals surface area (Å²) in [7, 11) is -3.06. The fraction of sp³-hybridized carbons (Fsp3) is 0.562. The Hall–Kier alpha value is -1.83. The molecule has 8 heteroatoms. The fourth-order valence-corrected chi connectivity index (χ4v) is 4.16. The van der Waals surface area contributed by atoms with E-state index < -0.39 is 9.84 Å². The number of halogens is 1. The van der Waals surface area contributed by atoms with E-state index in [0.29, 0.717) is 12.2 Å². The Kier molecular flexibility index (Phi) is 6.04. The molecule has 6 nitrogen and oxygen atoms in total. The van der Waals surface area contributed by atoms with E-state index in [1.807, 2.05) is 6.92 Å². The number of urea groups is 1. The summed E-state index contributed by atoms with van der Waals surface area (Å²) in [4.78, 5) is 13.8. The van der Waals surface area contributed by atoms with Gasteiger partial charge in [0.2, 0.25) is 0 Å². The van der Waals surface area contributed by atoms with Crippen molar-refractivity contribution in [3.8, 4) is 5.75 Å². The summed E-state index contributed by atoms with van der Waals surface area (Å²) in [6.07, 6.45) is 0.348. The molecule has 2 amide bonds. The smallest absolute Gasteiger partial charge is 0.317 e. The Bertz CT molecular complexity index is 680. The van der Waals surface area contributed by atoms with E-state index in [1.54, 1.807) is 19.1 Å². The number of nitrogens with zero attached hydrogens (tertiary/aromatic N) is 1. The lowest BCUT2D eigenvalue weighted by Crippen LogP contribution is -2.54. The molecule has 0 bridgehead atoms. The maximum Gasteiger partial charge on any atom is 0.317 e. The van der Waals surface area contributed by atoms with Crippen LogP contribution in [0.3, 0.4) is 0 Å². The Morgan fingerprint density at radius 2 is 2.25 bits per heavy atom. The Labute approximate surface area is 141 Å². The number of benzene rings is 1. The molecule has 1 saturated heterocycles. The second-order valence-corrected chi connectivity index (χ2v) is 8.18. The summed E-state index contributed by atoms with van der Waals surface area (Å²) in [5.41, 5.74) is 0. The van der Waals surface area contributed by atoms with Crippen LogP contribution in [0.15, 0.2) is 24.3 Å². The van der Waals surface area contributed by atoms with Crippen LogP contribution in [0.1, 0.15) is 20.3 Å². The van der Waals surface area contributed by atoms with Gasteiger partial charge >= 0.3 is 6.03 Å². The number of hydrogen-bond donors (Lipinski definition) is 1. The summed E-state index contributed by atoms with van der Waals surface area (Å²) in [6, 6.07) is 5.19. The topological polar surface area (TPSA) is 75.7 Å². The van der Waals surface area contributed by atoms with Gasteiger partial charge in [0, 0.05) is 18.7 Å². The highest BCUT2D eigenvalue weighted by atomic mass is 32.2. The average Bonchev–Trinajstić information content (AvgIpc) is 2.50. The maximum absolute atomic E-state index is 13.2. The molecule has 24 heavy (non-hydrogen) atoms. The molecule has 1 aliphatic heterocycles. The van der Waals surface area contributed by atoms with Crippen molar-refractivity contribution in [1.29, 1.82) is 0 Å². The zero-order valence-corrected chi connectivity index (χ0v) is 14.7. The predicted molar refractivity (Wildman–Crippen MR) is 89.3 cm³/mol. The maximum atomic E-state index is 13.2. The van der Waals surface area contributed by atoms with Crippen LogP contribution in [0, 0.1) is 5.82 Å². The van der Waals surface area contributed by atoms with Crippen molar-refractivity contribution < 1.29 is 22.3 Å². The van der Waals surface area contributed by atoms with E-state index in [9.17, 15) is 17.6 Å². The molecule has 1 aromatic rings. The van der Waals surface area contributed by atoms with Gasteiger partial charge in [-0.05, 0) is 25.5 Å². The molecular weight excluding hydrogens is 335 g/mol. The van der Waals surface area contributed by atoms with Gasteiger partial charge in [0.25, 0.3) is 0 Å². The molecule has 1 aromatic carbocycles. The van der Waals surface area contributed by atoms with Crippen molar-refractivity contribution in [3.05, 3.63) is 30.1 Å². The first-order valence-corrected chi connectivity index (χ1v) is 9.80. The molecule has 1 heterocycles. The van der Waals surface area contributed by atoms with E-state index in [4.69, 9.17) is 4.74 Å². The fourth-order valence-electron chi connectivity index (χ4n) is 2.61. The number of carbonyl (C=O) groups is 1. The third kappa shape index (κ3) is 5.09. The van der Waals surface area contributed by atoms with Gasteiger partial charge in [0.1, 0.15) is 17.7 Å². The average molecular weight is 358 g/mol. The molecule has 2 unspecified atom stereocenters. The highest BCUT2D eigenvalue weighted by molar-refractivity contribution is 7.91. The Morgan fingerprint density at radius 1 is 1.50 bits per heavy atom. The minimum Gasteiger partial charge on any atom is -0.489 e. The number of ether oxygens (including phenoxy) is 1. The van der Waals surface area contributed by atoms with Gasteiger partial charge < -0.3 is 15.0 Å². The number of sulfone groups is 1. The number of carbonyl (C=O) groups excluding carboxylic acids is 1. The molecule has 0 aromatic heterocycles. The number of amides is 2. The van der Waals surface area contributed by atoms with E-state index in [1.165, 1.54) is 17.0 Å². The third-order valence-electron chi connectivity index (χ3n) is 3.97. The van der Waals surface area contributed by atoms with Crippen LogP contribution in [0.25, 0.3) is 0 Å². The molecular formula is C16H23FN2O4S. The van der Waals surface area contributed by atoms with Crippen molar-refractivity contribution in [2.75, 3.05) is 24.6 Å². The number of hydrogen-bond acceptors (Lipinski definition) is 4. The van der Waals surface area contributed by atoms with Gasteiger partial charge in [-0.1, -0.05) is 13.0 Å². The first-order chi connectivity index (χ1) is 11.3. The van der Waals surface area contributed by atoms with Crippen LogP contribution in [0.4, 0.5) is 9.18 Å². The molecule has 0 aliphatic carbocycles. The number of nitrogens with one attached hydrogen (secondary N) is 1. The van der Waals surface area contributed by atoms with Crippen molar-refractivity contribution in [3.63, 3.8) is 0 Å². The monoisotopic (exact) mass is 358 g/mol. The SMILES string of the molecule is CCC(CNC(=O)N1CCS(=O)(=O)CC1C)Oc1cccc(F)c1. The van der Waals surface area contributed by atoms with Crippen LogP contribution >= 0.6 is 0 Å². The summed E-state index contributed by atoms with van der Waals surface area (Å²) in [6.45, 7) is 4.09. The molecule has 2 atom stereocenters. The van der Waals surface area contributed by atoms with E-state index >= 15 is 0 Å². The number of rotatable bonds is 5. The van der Waals surface area contributed by atoms with Crippen LogP contribution < -0.4 is 10.1 Å². The van der Waals surface area contributed by atoms with Crippen molar-refractivity contribution >= 4 is 15.9 Å². The van der Waals surface area contributed by atoms with Gasteiger partial charge in [-0.15, -0.1) is 0 Å². The molecule has 0 radical (unpaired) electrons. The molecule has 1 fully saturated rings. The van der Waals surface area contributed by atoms with Crippen molar-refractivity contribution in [2.24, 2.45) is 0 Å². The summed E-state index contributed by atoms with van der Waals surface area (Å²) in [5.74, 6) is 0.00221. The minimum atomic E-state index is -3.06. The molecule has 134 valence electrons. The van der Waals surface area contributed by atoms with Crippen molar-refractivity contribution in [2.45, 2.75) is 32.4 Å².